The summed E-state index contributed by atoms with van der Waals surface area (Å²) in [5.74, 6) is -3.10. The highest BCUT2D eigenvalue weighted by atomic mass is 35.5. The number of nitrogens with zero attached hydrogens (tertiary/aromatic N) is 2. The quantitative estimate of drug-likeness (QED) is 0.585. The first-order valence-electron chi connectivity index (χ1n) is 10.1. The van der Waals surface area contributed by atoms with Gasteiger partial charge in [-0.3, -0.25) is 19.8 Å². The molecule has 0 aromatic heterocycles. The second-order valence-corrected chi connectivity index (χ2v) is 8.53. The number of nitrogens with one attached hydrogen (secondary N) is 2. The number of carbonyl (C=O) groups is 4. The Labute approximate surface area is 191 Å². The summed E-state index contributed by atoms with van der Waals surface area (Å²) in [6.07, 6.45) is -2.84. The highest BCUT2D eigenvalue weighted by Gasteiger charge is 2.41. The summed E-state index contributed by atoms with van der Waals surface area (Å²) in [5, 5.41) is 13.1. The van der Waals surface area contributed by atoms with Crippen LogP contribution in [-0.2, 0) is 9.59 Å². The van der Waals surface area contributed by atoms with Crippen molar-refractivity contribution in [2.75, 3.05) is 37.6 Å². The van der Waals surface area contributed by atoms with E-state index in [4.69, 9.17) is 21.5 Å². The summed E-state index contributed by atoms with van der Waals surface area (Å²) >= 11 is 6.25. The number of piperidine rings is 1. The number of likely N-dealkylation sites (tertiary alicyclic amines) is 1. The minimum absolute atomic E-state index is 0.0430. The molecule has 0 atom stereocenters. The summed E-state index contributed by atoms with van der Waals surface area (Å²) in [4.78, 5) is 48.5. The molecule has 0 aliphatic carbocycles. The number of anilines is 1. The molecule has 9 nitrogen and oxygen atoms in total. The van der Waals surface area contributed by atoms with Gasteiger partial charge in [0.15, 0.2) is 0 Å². The predicted octanol–water partition coefficient (Wildman–Crippen LogP) is 2.25. The molecule has 3 heterocycles. The molecule has 4 amide bonds. The van der Waals surface area contributed by atoms with Crippen LogP contribution in [0.25, 0.3) is 0 Å². The van der Waals surface area contributed by atoms with Crippen LogP contribution >= 0.6 is 11.6 Å². The van der Waals surface area contributed by atoms with Gasteiger partial charge in [0, 0.05) is 44.7 Å². The van der Waals surface area contributed by atoms with Gasteiger partial charge in [0.05, 0.1) is 10.7 Å². The number of imide groups is 1. The smallest absolute Gasteiger partial charge is 0.475 e. The van der Waals surface area contributed by atoms with Crippen molar-refractivity contribution < 1.29 is 37.5 Å². The number of halogens is 4. The van der Waals surface area contributed by atoms with E-state index in [0.29, 0.717) is 21.7 Å². The van der Waals surface area contributed by atoms with Crippen molar-refractivity contribution in [2.45, 2.75) is 25.4 Å². The number of aliphatic carboxylic acids is 1. The van der Waals surface area contributed by atoms with Crippen molar-refractivity contribution in [1.82, 2.24) is 15.5 Å². The van der Waals surface area contributed by atoms with Crippen LogP contribution in [0.2, 0.25) is 5.02 Å². The van der Waals surface area contributed by atoms with Crippen molar-refractivity contribution in [3.8, 4) is 0 Å². The summed E-state index contributed by atoms with van der Waals surface area (Å²) in [7, 11) is 0. The fourth-order valence-electron chi connectivity index (χ4n) is 3.85. The van der Waals surface area contributed by atoms with Gasteiger partial charge in [-0.15, -0.1) is 0 Å². The lowest BCUT2D eigenvalue weighted by molar-refractivity contribution is -0.192. The number of rotatable bonds is 2. The molecule has 3 N–H and O–H groups in total. The summed E-state index contributed by atoms with van der Waals surface area (Å²) in [6, 6.07) is 4.46. The van der Waals surface area contributed by atoms with Gasteiger partial charge in [0.25, 0.3) is 5.91 Å². The van der Waals surface area contributed by atoms with Crippen molar-refractivity contribution in [3.05, 3.63) is 28.8 Å². The van der Waals surface area contributed by atoms with Crippen LogP contribution in [0.15, 0.2) is 18.2 Å². The minimum atomic E-state index is -5.08. The largest absolute Gasteiger partial charge is 0.490 e. The zero-order valence-electron chi connectivity index (χ0n) is 17.4. The second kappa shape index (κ2) is 9.56. The van der Waals surface area contributed by atoms with Crippen molar-refractivity contribution >= 4 is 41.1 Å². The van der Waals surface area contributed by atoms with E-state index in [1.165, 1.54) is 4.90 Å². The Bertz CT molecular complexity index is 958. The maximum absolute atomic E-state index is 12.9. The average Bonchev–Trinajstić information content (AvgIpc) is 2.73. The average molecular weight is 491 g/mol. The monoisotopic (exact) mass is 490 g/mol. The molecule has 0 radical (unpaired) electrons. The normalized spacial score (nSPS) is 19.9. The van der Waals surface area contributed by atoms with Crippen molar-refractivity contribution in [3.63, 3.8) is 0 Å². The standard InChI is InChI=1S/C18H21ClN4O3.C2HF3O2/c19-13-2-1-12(9-14(13)23-6-3-15(24)21-17(23)26)16(25)22-7-4-18(5-8-22)10-20-11-18;3-2(4,5)1(6)7/h1-2,9,20H,3-8,10-11H2,(H,21,24,26);(H,6,7). The Morgan fingerprint density at radius 3 is 2.18 bits per heavy atom. The van der Waals surface area contributed by atoms with E-state index in [9.17, 15) is 27.6 Å². The summed E-state index contributed by atoms with van der Waals surface area (Å²) in [5.41, 5.74) is 1.34. The van der Waals surface area contributed by atoms with Gasteiger partial charge in [-0.25, -0.2) is 9.59 Å². The highest BCUT2D eigenvalue weighted by Crippen LogP contribution is 2.36. The number of hydrogen-bond donors (Lipinski definition) is 3. The Morgan fingerprint density at radius 1 is 1.09 bits per heavy atom. The predicted molar refractivity (Wildman–Crippen MR) is 111 cm³/mol. The molecule has 3 aliphatic rings. The lowest BCUT2D eigenvalue weighted by Gasteiger charge is -2.48. The Balaban J connectivity index is 0.000000383. The lowest BCUT2D eigenvalue weighted by Crippen LogP contribution is -2.58. The van der Waals surface area contributed by atoms with Gasteiger partial charge in [-0.2, -0.15) is 13.2 Å². The molecule has 0 bridgehead atoms. The molecule has 3 fully saturated rings. The molecule has 180 valence electrons. The van der Waals surface area contributed by atoms with Crippen LogP contribution in [-0.4, -0.2) is 72.7 Å². The number of hydrogen-bond acceptors (Lipinski definition) is 5. The fraction of sp³-hybridized carbons (Fsp3) is 0.500. The first-order valence-corrected chi connectivity index (χ1v) is 10.5. The first-order chi connectivity index (χ1) is 15.4. The third kappa shape index (κ3) is 5.74. The van der Waals surface area contributed by atoms with E-state index in [1.807, 2.05) is 4.90 Å². The Kier molecular flexibility index (Phi) is 7.17. The second-order valence-electron chi connectivity index (χ2n) is 8.12. The van der Waals surface area contributed by atoms with Gasteiger partial charge >= 0.3 is 18.2 Å². The number of amides is 4. The fourth-order valence-corrected chi connectivity index (χ4v) is 4.06. The van der Waals surface area contributed by atoms with Gasteiger partial charge in [0.2, 0.25) is 5.91 Å². The van der Waals surface area contributed by atoms with E-state index < -0.39 is 18.2 Å². The molecule has 3 aliphatic heterocycles. The van der Waals surface area contributed by atoms with Crippen LogP contribution in [0, 0.1) is 5.41 Å². The number of alkyl halides is 3. The number of carbonyl (C=O) groups excluding carboxylic acids is 3. The van der Waals surface area contributed by atoms with Crippen LogP contribution < -0.4 is 15.5 Å². The molecule has 33 heavy (non-hydrogen) atoms. The molecule has 1 aromatic rings. The zero-order valence-corrected chi connectivity index (χ0v) is 18.1. The van der Waals surface area contributed by atoms with E-state index in [1.54, 1.807) is 18.2 Å². The molecule has 1 spiro atoms. The van der Waals surface area contributed by atoms with Crippen LogP contribution in [0.3, 0.4) is 0 Å². The SMILES string of the molecule is O=C(O)C(F)(F)F.O=C1CCN(c2cc(C(=O)N3CCC4(CC3)CNC4)ccc2Cl)C(=O)N1. The summed E-state index contributed by atoms with van der Waals surface area (Å²) < 4.78 is 31.7. The van der Waals surface area contributed by atoms with Crippen LogP contribution in [0.4, 0.5) is 23.7 Å². The van der Waals surface area contributed by atoms with Gasteiger partial charge in [-0.1, -0.05) is 11.6 Å². The third-order valence-corrected chi connectivity index (χ3v) is 6.21. The highest BCUT2D eigenvalue weighted by molar-refractivity contribution is 6.34. The molecule has 3 saturated heterocycles. The van der Waals surface area contributed by atoms with Gasteiger partial charge in [-0.05, 0) is 36.5 Å². The molecule has 0 unspecified atom stereocenters. The molecule has 13 heteroatoms. The van der Waals surface area contributed by atoms with Gasteiger partial charge in [0.1, 0.15) is 0 Å². The minimum Gasteiger partial charge on any atom is -0.475 e. The van der Waals surface area contributed by atoms with Crippen molar-refractivity contribution in [1.29, 1.82) is 0 Å². The molecular weight excluding hydrogens is 469 g/mol. The Hall–Kier alpha value is -2.86. The molecule has 4 rings (SSSR count). The molecular formula is C20H22ClF3N4O5. The first kappa shape index (κ1) is 24.8. The third-order valence-electron chi connectivity index (χ3n) is 5.89. The van der Waals surface area contributed by atoms with Gasteiger partial charge < -0.3 is 15.3 Å². The molecule has 1 aromatic carbocycles. The zero-order chi connectivity index (χ0) is 24.4. The van der Waals surface area contributed by atoms with Crippen molar-refractivity contribution in [2.24, 2.45) is 5.41 Å². The van der Waals surface area contributed by atoms with E-state index in [-0.39, 0.29) is 24.8 Å². The number of benzene rings is 1. The van der Waals surface area contributed by atoms with Crippen LogP contribution in [0.1, 0.15) is 29.6 Å². The number of urea groups is 1. The Morgan fingerprint density at radius 2 is 1.70 bits per heavy atom. The summed E-state index contributed by atoms with van der Waals surface area (Å²) in [6.45, 7) is 3.83. The maximum Gasteiger partial charge on any atom is 0.490 e. The number of carboxylic acids is 1. The topological polar surface area (TPSA) is 119 Å². The van der Waals surface area contributed by atoms with E-state index in [0.717, 1.165) is 39.0 Å². The van der Waals surface area contributed by atoms with Crippen LogP contribution in [0.5, 0.6) is 0 Å². The number of carboxylic acid groups (broad SMARTS) is 1. The maximum atomic E-state index is 12.9. The van der Waals surface area contributed by atoms with E-state index in [2.05, 4.69) is 10.6 Å². The van der Waals surface area contributed by atoms with E-state index >= 15 is 0 Å². The lowest BCUT2D eigenvalue weighted by atomic mass is 9.73. The molecule has 0 saturated carbocycles.